The van der Waals surface area contributed by atoms with Crippen LogP contribution in [-0.4, -0.2) is 22.7 Å². The average molecular weight is 252 g/mol. The molecule has 4 heteroatoms. The van der Waals surface area contributed by atoms with Crippen molar-refractivity contribution in [2.24, 2.45) is 0 Å². The van der Waals surface area contributed by atoms with Crippen molar-refractivity contribution >= 4 is 5.82 Å². The fraction of sp³-hybridized carbons (Fsp3) is 0.643. The van der Waals surface area contributed by atoms with Gasteiger partial charge in [-0.1, -0.05) is 19.3 Å². The first-order chi connectivity index (χ1) is 8.77. The summed E-state index contributed by atoms with van der Waals surface area (Å²) in [4.78, 5) is 6.22. The van der Waals surface area contributed by atoms with Crippen LogP contribution in [0.5, 0.6) is 0 Å². The Morgan fingerprint density at radius 1 is 1.39 bits per heavy atom. The number of halogens is 1. The summed E-state index contributed by atoms with van der Waals surface area (Å²) < 4.78 is 14.2. The highest BCUT2D eigenvalue weighted by atomic mass is 19.1. The zero-order chi connectivity index (χ0) is 13.0. The third kappa shape index (κ3) is 2.64. The Bertz CT molecular complexity index is 391. The predicted octanol–water partition coefficient (Wildman–Crippen LogP) is 2.87. The average Bonchev–Trinajstić information content (AvgIpc) is 2.43. The molecule has 1 aliphatic rings. The molecular formula is C14H21FN2O. The molecule has 0 bridgehead atoms. The fourth-order valence-corrected chi connectivity index (χ4v) is 2.77. The molecule has 0 atom stereocenters. The van der Waals surface area contributed by atoms with E-state index in [1.807, 2.05) is 11.8 Å². The Labute approximate surface area is 108 Å². The maximum Gasteiger partial charge on any atom is 0.171 e. The summed E-state index contributed by atoms with van der Waals surface area (Å²) in [6.07, 6.45) is 7.50. The quantitative estimate of drug-likeness (QED) is 0.895. The molecule has 0 aliphatic heterocycles. The van der Waals surface area contributed by atoms with Gasteiger partial charge in [0.05, 0.1) is 6.61 Å². The van der Waals surface area contributed by atoms with Crippen LogP contribution in [0.1, 0.15) is 44.6 Å². The molecule has 1 aromatic heterocycles. The number of hydrogen-bond donors (Lipinski definition) is 1. The van der Waals surface area contributed by atoms with Gasteiger partial charge in [-0.15, -0.1) is 0 Å². The minimum Gasteiger partial charge on any atom is -0.392 e. The molecule has 0 radical (unpaired) electrons. The van der Waals surface area contributed by atoms with Gasteiger partial charge < -0.3 is 10.0 Å². The molecule has 1 fully saturated rings. The SMILES string of the molecule is CCN(c1nccc(CO)c1F)C1CCCCC1. The Kier molecular flexibility index (Phi) is 4.53. The monoisotopic (exact) mass is 252 g/mol. The number of nitrogens with zero attached hydrogens (tertiary/aromatic N) is 2. The van der Waals surface area contributed by atoms with Crippen LogP contribution in [-0.2, 0) is 6.61 Å². The molecule has 0 aromatic carbocycles. The predicted molar refractivity (Wildman–Crippen MR) is 70.0 cm³/mol. The normalized spacial score (nSPS) is 16.8. The van der Waals surface area contributed by atoms with Crippen molar-refractivity contribution in [1.82, 2.24) is 4.98 Å². The molecule has 1 saturated carbocycles. The van der Waals surface area contributed by atoms with Gasteiger partial charge in [0.15, 0.2) is 11.6 Å². The number of pyridine rings is 1. The molecule has 3 nitrogen and oxygen atoms in total. The van der Waals surface area contributed by atoms with E-state index in [0.717, 1.165) is 19.4 Å². The summed E-state index contributed by atoms with van der Waals surface area (Å²) in [7, 11) is 0. The Morgan fingerprint density at radius 2 is 2.11 bits per heavy atom. The van der Waals surface area contributed by atoms with Crippen LogP contribution < -0.4 is 4.90 Å². The smallest absolute Gasteiger partial charge is 0.171 e. The van der Waals surface area contributed by atoms with E-state index < -0.39 is 0 Å². The van der Waals surface area contributed by atoms with E-state index in [9.17, 15) is 4.39 Å². The van der Waals surface area contributed by atoms with Crippen molar-refractivity contribution in [1.29, 1.82) is 0 Å². The summed E-state index contributed by atoms with van der Waals surface area (Å²) in [5.74, 6) is 0.0309. The van der Waals surface area contributed by atoms with E-state index in [-0.39, 0.29) is 12.4 Å². The molecule has 1 aromatic rings. The highest BCUT2D eigenvalue weighted by Gasteiger charge is 2.24. The molecule has 0 spiro atoms. The van der Waals surface area contributed by atoms with Gasteiger partial charge in [-0.2, -0.15) is 0 Å². The second kappa shape index (κ2) is 6.14. The van der Waals surface area contributed by atoms with Crippen LogP contribution in [0.15, 0.2) is 12.3 Å². The number of aliphatic hydroxyl groups excluding tert-OH is 1. The van der Waals surface area contributed by atoms with E-state index in [2.05, 4.69) is 4.98 Å². The first kappa shape index (κ1) is 13.3. The first-order valence-corrected chi connectivity index (χ1v) is 6.78. The van der Waals surface area contributed by atoms with Crippen molar-refractivity contribution < 1.29 is 9.50 Å². The van der Waals surface area contributed by atoms with Gasteiger partial charge in [-0.05, 0) is 25.8 Å². The van der Waals surface area contributed by atoms with Crippen LogP contribution in [0, 0.1) is 5.82 Å². The zero-order valence-electron chi connectivity index (χ0n) is 10.9. The number of hydrogen-bond acceptors (Lipinski definition) is 3. The highest BCUT2D eigenvalue weighted by Crippen LogP contribution is 2.28. The summed E-state index contributed by atoms with van der Waals surface area (Å²) in [6, 6.07) is 1.92. The highest BCUT2D eigenvalue weighted by molar-refractivity contribution is 5.44. The Morgan fingerprint density at radius 3 is 2.72 bits per heavy atom. The van der Waals surface area contributed by atoms with Gasteiger partial charge in [0, 0.05) is 24.3 Å². The standard InChI is InChI=1S/C14H21FN2O/c1-2-17(12-6-4-3-5-7-12)14-13(15)11(10-18)8-9-16-14/h8-9,12,18H,2-7,10H2,1H3. The number of aliphatic hydroxyl groups is 1. The van der Waals surface area contributed by atoms with Crippen molar-refractivity contribution in [2.45, 2.75) is 51.7 Å². The van der Waals surface area contributed by atoms with E-state index in [1.54, 1.807) is 6.20 Å². The van der Waals surface area contributed by atoms with Crippen LogP contribution >= 0.6 is 0 Å². The maximum atomic E-state index is 14.2. The lowest BCUT2D eigenvalue weighted by atomic mass is 9.94. The van der Waals surface area contributed by atoms with Crippen molar-refractivity contribution in [2.75, 3.05) is 11.4 Å². The van der Waals surface area contributed by atoms with Crippen LogP contribution in [0.25, 0.3) is 0 Å². The van der Waals surface area contributed by atoms with Crippen molar-refractivity contribution in [3.8, 4) is 0 Å². The number of rotatable bonds is 4. The van der Waals surface area contributed by atoms with Gasteiger partial charge in [0.25, 0.3) is 0 Å². The van der Waals surface area contributed by atoms with E-state index in [0.29, 0.717) is 17.4 Å². The molecule has 0 amide bonds. The molecule has 1 heterocycles. The lowest BCUT2D eigenvalue weighted by Gasteiger charge is -2.34. The zero-order valence-corrected chi connectivity index (χ0v) is 10.9. The summed E-state index contributed by atoms with van der Waals surface area (Å²) in [5.41, 5.74) is 0.328. The third-order valence-electron chi connectivity index (χ3n) is 3.75. The van der Waals surface area contributed by atoms with Crippen LogP contribution in [0.3, 0.4) is 0 Å². The van der Waals surface area contributed by atoms with E-state index in [1.165, 1.54) is 25.3 Å². The number of anilines is 1. The van der Waals surface area contributed by atoms with Gasteiger partial charge >= 0.3 is 0 Å². The topological polar surface area (TPSA) is 36.4 Å². The van der Waals surface area contributed by atoms with Gasteiger partial charge in [-0.3, -0.25) is 0 Å². The lowest BCUT2D eigenvalue weighted by molar-refractivity contribution is 0.275. The van der Waals surface area contributed by atoms with Crippen molar-refractivity contribution in [3.05, 3.63) is 23.6 Å². The molecule has 0 unspecified atom stereocenters. The van der Waals surface area contributed by atoms with Crippen LogP contribution in [0.4, 0.5) is 10.2 Å². The molecule has 0 saturated heterocycles. The van der Waals surface area contributed by atoms with Crippen molar-refractivity contribution in [3.63, 3.8) is 0 Å². The minimum absolute atomic E-state index is 0.274. The maximum absolute atomic E-state index is 14.2. The Balaban J connectivity index is 2.26. The lowest BCUT2D eigenvalue weighted by Crippen LogP contribution is -2.38. The summed E-state index contributed by atoms with van der Waals surface area (Å²) in [6.45, 7) is 2.51. The molecule has 100 valence electrons. The van der Waals surface area contributed by atoms with E-state index >= 15 is 0 Å². The molecule has 18 heavy (non-hydrogen) atoms. The third-order valence-corrected chi connectivity index (χ3v) is 3.75. The first-order valence-electron chi connectivity index (χ1n) is 6.78. The second-order valence-corrected chi connectivity index (χ2v) is 4.84. The summed E-state index contributed by atoms with van der Waals surface area (Å²) >= 11 is 0. The molecule has 1 aliphatic carbocycles. The molecule has 1 N–H and O–H groups in total. The van der Waals surface area contributed by atoms with Gasteiger partial charge in [0.2, 0.25) is 0 Å². The fourth-order valence-electron chi connectivity index (χ4n) is 2.77. The second-order valence-electron chi connectivity index (χ2n) is 4.84. The van der Waals surface area contributed by atoms with Gasteiger partial charge in [-0.25, -0.2) is 9.37 Å². The van der Waals surface area contributed by atoms with Crippen LogP contribution in [0.2, 0.25) is 0 Å². The van der Waals surface area contributed by atoms with Gasteiger partial charge in [0.1, 0.15) is 0 Å². The molecular weight excluding hydrogens is 231 g/mol. The van der Waals surface area contributed by atoms with E-state index in [4.69, 9.17) is 5.11 Å². The summed E-state index contributed by atoms with van der Waals surface area (Å²) in [5, 5.41) is 9.12. The minimum atomic E-state index is -0.368. The Hall–Kier alpha value is -1.16. The largest absolute Gasteiger partial charge is 0.392 e. The number of aromatic nitrogens is 1. The molecule has 2 rings (SSSR count).